The molecule has 1 saturated heterocycles. The number of hydrogen-bond donors (Lipinski definition) is 2. The van der Waals surface area contributed by atoms with Gasteiger partial charge in [0.05, 0.1) is 27.5 Å². The van der Waals surface area contributed by atoms with Crippen molar-refractivity contribution >= 4 is 60.0 Å². The van der Waals surface area contributed by atoms with Gasteiger partial charge in [-0.1, -0.05) is 22.9 Å². The van der Waals surface area contributed by atoms with Crippen molar-refractivity contribution in [2.45, 2.75) is 6.04 Å². The third kappa shape index (κ3) is 2.50. The number of fused-ring (bicyclic) bond motifs is 4. The molecular weight excluding hydrogens is 456 g/mol. The Balaban J connectivity index is 1.70. The molecule has 11 heteroatoms. The third-order valence-corrected chi connectivity index (χ3v) is 7.11. The van der Waals surface area contributed by atoms with E-state index in [2.05, 4.69) is 20.6 Å². The summed E-state index contributed by atoms with van der Waals surface area (Å²) in [5.74, 6) is -1.21. The van der Waals surface area contributed by atoms with Crippen LogP contribution in [0.3, 0.4) is 0 Å². The highest BCUT2D eigenvalue weighted by Crippen LogP contribution is 2.45. The average Bonchev–Trinajstić information content (AvgIpc) is 3.30. The van der Waals surface area contributed by atoms with Gasteiger partial charge in [0.2, 0.25) is 0 Å². The maximum Gasteiger partial charge on any atom is 0.158 e. The van der Waals surface area contributed by atoms with Crippen molar-refractivity contribution in [3.8, 4) is 17.2 Å². The molecule has 7 nitrogen and oxygen atoms in total. The summed E-state index contributed by atoms with van der Waals surface area (Å²) in [6, 6.07) is 6.35. The summed E-state index contributed by atoms with van der Waals surface area (Å²) in [4.78, 5) is 4.27. The third-order valence-electron chi connectivity index (χ3n) is 5.79. The van der Waals surface area contributed by atoms with Crippen LogP contribution in [0.25, 0.3) is 43.1 Å². The molecule has 0 radical (unpaired) electrons. The van der Waals surface area contributed by atoms with Crippen LogP contribution in [0.5, 0.6) is 0 Å². The van der Waals surface area contributed by atoms with Crippen LogP contribution in [0.4, 0.5) is 13.8 Å². The minimum absolute atomic E-state index is 0.0367. The Labute approximate surface area is 188 Å². The van der Waals surface area contributed by atoms with Crippen molar-refractivity contribution in [2.75, 3.05) is 18.8 Å². The molecule has 3 N–H and O–H groups in total. The molecule has 0 atom stereocenters. The highest BCUT2D eigenvalue weighted by Gasteiger charge is 2.27. The number of nitrogens with zero attached hydrogens (tertiary/aromatic N) is 5. The van der Waals surface area contributed by atoms with E-state index < -0.39 is 11.6 Å². The number of anilines is 1. The van der Waals surface area contributed by atoms with Gasteiger partial charge < -0.3 is 11.1 Å². The van der Waals surface area contributed by atoms with Gasteiger partial charge >= 0.3 is 0 Å². The molecule has 158 valence electrons. The zero-order valence-corrected chi connectivity index (χ0v) is 17.7. The number of hydrogen-bond acceptors (Lipinski definition) is 7. The summed E-state index contributed by atoms with van der Waals surface area (Å²) in [6.45, 7) is 1.47. The Kier molecular flexibility index (Phi) is 4.10. The van der Waals surface area contributed by atoms with Crippen molar-refractivity contribution in [3.05, 3.63) is 46.6 Å². The van der Waals surface area contributed by atoms with Gasteiger partial charge in [0.25, 0.3) is 0 Å². The molecule has 3 aromatic heterocycles. The lowest BCUT2D eigenvalue weighted by Gasteiger charge is -2.27. The largest absolute Gasteiger partial charge is 0.389 e. The van der Waals surface area contributed by atoms with E-state index in [1.807, 2.05) is 6.07 Å². The molecule has 0 amide bonds. The number of nitrogen functional groups attached to an aromatic ring is 1. The van der Waals surface area contributed by atoms with Crippen LogP contribution in [0.1, 0.15) is 11.6 Å². The molecule has 0 spiro atoms. The van der Waals surface area contributed by atoms with Gasteiger partial charge in [0, 0.05) is 29.4 Å². The number of aromatic nitrogens is 4. The molecule has 4 heterocycles. The van der Waals surface area contributed by atoms with Gasteiger partial charge in [-0.2, -0.15) is 5.26 Å². The SMILES string of the molecule is N#Cc1c(N)sc2c(F)ccc(-c3c(Cl)cc4c(ncc5nnn(C6CNC6)c54)c3F)c12. The summed E-state index contributed by atoms with van der Waals surface area (Å²) >= 11 is 7.54. The average molecular weight is 468 g/mol. The molecule has 32 heavy (non-hydrogen) atoms. The number of rotatable bonds is 2. The molecule has 0 aliphatic carbocycles. The van der Waals surface area contributed by atoms with Crippen molar-refractivity contribution in [1.82, 2.24) is 25.3 Å². The normalized spacial score (nSPS) is 14.3. The van der Waals surface area contributed by atoms with E-state index in [4.69, 9.17) is 17.3 Å². The van der Waals surface area contributed by atoms with Crippen molar-refractivity contribution < 1.29 is 8.78 Å². The second-order valence-corrected chi connectivity index (χ2v) is 8.99. The van der Waals surface area contributed by atoms with E-state index in [0.29, 0.717) is 16.4 Å². The van der Waals surface area contributed by atoms with Crippen LogP contribution in [-0.4, -0.2) is 33.1 Å². The first-order chi connectivity index (χ1) is 15.5. The van der Waals surface area contributed by atoms with Gasteiger partial charge in [-0.05, 0) is 17.7 Å². The molecule has 1 aliphatic rings. The van der Waals surface area contributed by atoms with Crippen molar-refractivity contribution in [1.29, 1.82) is 5.26 Å². The van der Waals surface area contributed by atoms with Crippen molar-refractivity contribution in [3.63, 3.8) is 0 Å². The minimum atomic E-state index is -0.671. The molecule has 0 bridgehead atoms. The van der Waals surface area contributed by atoms with Gasteiger partial charge in [-0.25, -0.2) is 13.5 Å². The van der Waals surface area contributed by atoms with Crippen molar-refractivity contribution in [2.24, 2.45) is 0 Å². The molecule has 1 aliphatic heterocycles. The number of pyridine rings is 1. The highest BCUT2D eigenvalue weighted by atomic mass is 35.5. The maximum absolute atomic E-state index is 15.9. The van der Waals surface area contributed by atoms with Crippen LogP contribution in [-0.2, 0) is 0 Å². The van der Waals surface area contributed by atoms with E-state index >= 15 is 4.39 Å². The summed E-state index contributed by atoms with van der Waals surface area (Å²) in [5.41, 5.74) is 7.62. The fourth-order valence-electron chi connectivity index (χ4n) is 4.15. The molecule has 0 unspecified atom stereocenters. The smallest absolute Gasteiger partial charge is 0.158 e. The lowest BCUT2D eigenvalue weighted by Crippen LogP contribution is -2.43. The Bertz CT molecular complexity index is 1630. The standard InChI is InChI=1S/C21H12ClF2N7S/c22-12-3-10-18(28-7-14-19(10)31(30-29-14)8-5-27-6-8)17(24)16(12)9-1-2-13(23)20-15(9)11(4-25)21(26)32-20/h1-3,7-8,27H,5-6,26H2. The Morgan fingerprint density at radius 3 is 2.84 bits per heavy atom. The first kappa shape index (κ1) is 19.3. The van der Waals surface area contributed by atoms with Gasteiger partial charge in [0.15, 0.2) is 5.82 Å². The summed E-state index contributed by atoms with van der Waals surface area (Å²) < 4.78 is 32.3. The Hall–Kier alpha value is -3.39. The fraction of sp³-hybridized carbons (Fsp3) is 0.143. The van der Waals surface area contributed by atoms with E-state index in [-0.39, 0.29) is 48.4 Å². The number of nitriles is 1. The Morgan fingerprint density at radius 1 is 1.31 bits per heavy atom. The molecule has 1 fully saturated rings. The second-order valence-electron chi connectivity index (χ2n) is 7.53. The van der Waals surface area contributed by atoms with Crippen LogP contribution >= 0.6 is 22.9 Å². The summed E-state index contributed by atoms with van der Waals surface area (Å²) in [6.07, 6.45) is 1.47. The Morgan fingerprint density at radius 2 is 2.12 bits per heavy atom. The molecular formula is C21H12ClF2N7S. The number of benzene rings is 2. The fourth-order valence-corrected chi connectivity index (χ4v) is 5.40. The predicted octanol–water partition coefficient (Wildman–Crippen LogP) is 4.39. The monoisotopic (exact) mass is 467 g/mol. The first-order valence-electron chi connectivity index (χ1n) is 9.63. The van der Waals surface area contributed by atoms with Gasteiger partial charge in [-0.3, -0.25) is 4.98 Å². The van der Waals surface area contributed by atoms with Crippen LogP contribution in [0.2, 0.25) is 5.02 Å². The van der Waals surface area contributed by atoms with E-state index in [1.165, 1.54) is 18.3 Å². The number of thiophene rings is 1. The van der Waals surface area contributed by atoms with Crippen LogP contribution in [0, 0.1) is 23.0 Å². The molecule has 5 aromatic rings. The predicted molar refractivity (Wildman–Crippen MR) is 120 cm³/mol. The number of halogens is 3. The van der Waals surface area contributed by atoms with Gasteiger partial charge in [0.1, 0.15) is 33.4 Å². The minimum Gasteiger partial charge on any atom is -0.389 e. The molecule has 0 saturated carbocycles. The lowest BCUT2D eigenvalue weighted by atomic mass is 9.97. The van der Waals surface area contributed by atoms with Gasteiger partial charge in [-0.15, -0.1) is 16.4 Å². The topological polar surface area (TPSA) is 105 Å². The lowest BCUT2D eigenvalue weighted by molar-refractivity contribution is 0.321. The van der Waals surface area contributed by atoms with E-state index in [1.54, 1.807) is 10.7 Å². The second kappa shape index (κ2) is 6.80. The molecule has 6 rings (SSSR count). The zero-order valence-electron chi connectivity index (χ0n) is 16.2. The van der Waals surface area contributed by atoms with E-state index in [0.717, 1.165) is 24.4 Å². The van der Waals surface area contributed by atoms with Crippen LogP contribution < -0.4 is 11.1 Å². The van der Waals surface area contributed by atoms with E-state index in [9.17, 15) is 9.65 Å². The summed E-state index contributed by atoms with van der Waals surface area (Å²) in [5, 5.41) is 22.1. The number of nitrogens with one attached hydrogen (secondary N) is 1. The first-order valence-corrected chi connectivity index (χ1v) is 10.8. The maximum atomic E-state index is 15.9. The molecule has 2 aromatic carbocycles. The quantitative estimate of drug-likeness (QED) is 0.399. The summed E-state index contributed by atoms with van der Waals surface area (Å²) in [7, 11) is 0. The zero-order chi connectivity index (χ0) is 22.1. The highest BCUT2D eigenvalue weighted by molar-refractivity contribution is 7.23. The number of nitrogens with two attached hydrogens (primary N) is 1. The van der Waals surface area contributed by atoms with Crippen LogP contribution in [0.15, 0.2) is 24.4 Å².